The Morgan fingerprint density at radius 3 is 2.56 bits per heavy atom. The Kier molecular flexibility index (Phi) is 6.10. The van der Waals surface area contributed by atoms with E-state index in [4.69, 9.17) is 16.7 Å². The molecule has 0 atom stereocenters. The molecule has 0 aliphatic heterocycles. The van der Waals surface area contributed by atoms with E-state index in [1.807, 2.05) is 43.3 Å². The van der Waals surface area contributed by atoms with E-state index in [9.17, 15) is 9.59 Å². The molecule has 8 nitrogen and oxygen atoms in total. The number of pyridine rings is 1. The predicted molar refractivity (Wildman–Crippen MR) is 120 cm³/mol. The maximum absolute atomic E-state index is 12.9. The molecule has 162 valence electrons. The van der Waals surface area contributed by atoms with Crippen molar-refractivity contribution in [2.75, 3.05) is 5.32 Å². The van der Waals surface area contributed by atoms with Crippen LogP contribution in [0.4, 0.5) is 10.6 Å². The monoisotopic (exact) mass is 449 g/mol. The maximum Gasteiger partial charge on any atom is 0.404 e. The van der Waals surface area contributed by atoms with Crippen molar-refractivity contribution in [2.45, 2.75) is 31.8 Å². The van der Waals surface area contributed by atoms with Gasteiger partial charge in [-0.2, -0.15) is 5.10 Å². The fourth-order valence-corrected chi connectivity index (χ4v) is 3.73. The van der Waals surface area contributed by atoms with Gasteiger partial charge in [-0.15, -0.1) is 0 Å². The first-order valence-corrected chi connectivity index (χ1v) is 10.4. The molecule has 1 aliphatic carbocycles. The zero-order chi connectivity index (χ0) is 22.7. The maximum atomic E-state index is 12.9. The van der Waals surface area contributed by atoms with Gasteiger partial charge in [-0.05, 0) is 43.5 Å². The average molecular weight is 450 g/mol. The highest BCUT2D eigenvalue weighted by molar-refractivity contribution is 6.34. The number of nitrogens with zero attached hydrogens (tertiary/aromatic N) is 3. The quantitative estimate of drug-likeness (QED) is 0.524. The number of hydrogen-bond acceptors (Lipinski definition) is 4. The van der Waals surface area contributed by atoms with E-state index in [-0.39, 0.29) is 22.8 Å². The summed E-state index contributed by atoms with van der Waals surface area (Å²) in [5, 5.41) is 18.5. The Bertz CT molecular complexity index is 1220. The van der Waals surface area contributed by atoms with E-state index in [1.165, 1.54) is 6.20 Å². The van der Waals surface area contributed by atoms with Gasteiger partial charge in [0.15, 0.2) is 0 Å². The molecule has 0 bridgehead atoms. The van der Waals surface area contributed by atoms with Crippen molar-refractivity contribution < 1.29 is 14.7 Å². The SMILES string of the molecule is Cc1cc(C#Cc2ccccc2)cnc1NC(=O)c1c(Cl)cnn1[C@H]1C[C@@H](NC(=O)O)C1. The van der Waals surface area contributed by atoms with Gasteiger partial charge in [0.2, 0.25) is 0 Å². The number of amides is 2. The van der Waals surface area contributed by atoms with Crippen LogP contribution in [0.2, 0.25) is 5.02 Å². The first-order chi connectivity index (χ1) is 15.4. The lowest BCUT2D eigenvalue weighted by Crippen LogP contribution is -2.45. The minimum Gasteiger partial charge on any atom is -0.465 e. The summed E-state index contributed by atoms with van der Waals surface area (Å²) in [5.41, 5.74) is 2.62. The van der Waals surface area contributed by atoms with E-state index in [0.29, 0.717) is 18.7 Å². The van der Waals surface area contributed by atoms with Crippen LogP contribution in [0, 0.1) is 18.8 Å². The summed E-state index contributed by atoms with van der Waals surface area (Å²) in [6.07, 6.45) is 3.03. The van der Waals surface area contributed by atoms with E-state index in [0.717, 1.165) is 16.7 Å². The molecule has 9 heteroatoms. The van der Waals surface area contributed by atoms with Gasteiger partial charge >= 0.3 is 6.09 Å². The standard InChI is InChI=1S/C23H20ClN5O3/c1-14-9-16(8-7-15-5-3-2-4-6-15)12-25-21(14)28-22(30)20-19(24)13-26-29(20)18-10-17(11-18)27-23(31)32/h2-6,9,12-13,17-18,27H,10-11H2,1H3,(H,31,32)(H,25,28,30)/t17-,18+. The molecule has 0 radical (unpaired) electrons. The number of aromatic nitrogens is 3. The van der Waals surface area contributed by atoms with E-state index >= 15 is 0 Å². The molecule has 2 amide bonds. The van der Waals surface area contributed by atoms with Crippen LogP contribution >= 0.6 is 11.6 Å². The molecular weight excluding hydrogens is 430 g/mol. The number of anilines is 1. The number of hydrogen-bond donors (Lipinski definition) is 3. The van der Waals surface area contributed by atoms with Crippen LogP contribution in [0.5, 0.6) is 0 Å². The van der Waals surface area contributed by atoms with Gasteiger partial charge in [-0.3, -0.25) is 9.48 Å². The summed E-state index contributed by atoms with van der Waals surface area (Å²) in [4.78, 5) is 28.0. The highest BCUT2D eigenvalue weighted by atomic mass is 35.5. The number of benzene rings is 1. The summed E-state index contributed by atoms with van der Waals surface area (Å²) >= 11 is 6.22. The highest BCUT2D eigenvalue weighted by Crippen LogP contribution is 2.34. The van der Waals surface area contributed by atoms with E-state index in [1.54, 1.807) is 10.9 Å². The molecule has 32 heavy (non-hydrogen) atoms. The van der Waals surface area contributed by atoms with Gasteiger partial charge in [0.25, 0.3) is 5.91 Å². The van der Waals surface area contributed by atoms with Crippen molar-refractivity contribution in [3.63, 3.8) is 0 Å². The first-order valence-electron chi connectivity index (χ1n) is 9.98. The molecular formula is C23H20ClN5O3. The van der Waals surface area contributed by atoms with Crippen molar-refractivity contribution in [1.29, 1.82) is 0 Å². The van der Waals surface area contributed by atoms with E-state index in [2.05, 4.69) is 32.6 Å². The second-order valence-corrected chi connectivity index (χ2v) is 7.92. The van der Waals surface area contributed by atoms with Crippen LogP contribution in [0.15, 0.2) is 48.8 Å². The molecule has 1 aliphatic rings. The summed E-state index contributed by atoms with van der Waals surface area (Å²) < 4.78 is 1.55. The van der Waals surface area contributed by atoms with Crippen LogP contribution in [-0.4, -0.2) is 37.9 Å². The molecule has 1 saturated carbocycles. The summed E-state index contributed by atoms with van der Waals surface area (Å²) in [7, 11) is 0. The molecule has 0 spiro atoms. The van der Waals surface area contributed by atoms with Crippen molar-refractivity contribution in [1.82, 2.24) is 20.1 Å². The largest absolute Gasteiger partial charge is 0.465 e. The Balaban J connectivity index is 1.46. The van der Waals surface area contributed by atoms with Gasteiger partial charge < -0.3 is 15.7 Å². The lowest BCUT2D eigenvalue weighted by molar-refractivity contribution is 0.0998. The number of carbonyl (C=O) groups is 2. The number of nitrogens with one attached hydrogen (secondary N) is 2. The normalized spacial score (nSPS) is 16.9. The van der Waals surface area contributed by atoms with E-state index < -0.39 is 12.0 Å². The Hall–Kier alpha value is -3.83. The summed E-state index contributed by atoms with van der Waals surface area (Å²) in [5.74, 6) is 6.12. The Morgan fingerprint density at radius 2 is 1.88 bits per heavy atom. The van der Waals surface area contributed by atoms with Crippen molar-refractivity contribution in [3.05, 3.63) is 76.2 Å². The summed E-state index contributed by atoms with van der Waals surface area (Å²) in [6, 6.07) is 11.2. The fourth-order valence-electron chi connectivity index (χ4n) is 3.52. The number of rotatable bonds is 4. The van der Waals surface area contributed by atoms with Crippen molar-refractivity contribution >= 4 is 29.4 Å². The van der Waals surface area contributed by atoms with Gasteiger partial charge in [-0.25, -0.2) is 9.78 Å². The minimum atomic E-state index is -1.07. The van der Waals surface area contributed by atoms with Crippen LogP contribution < -0.4 is 10.6 Å². The van der Waals surface area contributed by atoms with Gasteiger partial charge in [0.05, 0.1) is 17.3 Å². The Morgan fingerprint density at radius 1 is 1.16 bits per heavy atom. The third kappa shape index (κ3) is 4.74. The molecule has 1 fully saturated rings. The van der Waals surface area contributed by atoms with Crippen molar-refractivity contribution in [3.8, 4) is 11.8 Å². The smallest absolute Gasteiger partial charge is 0.404 e. The fraction of sp³-hybridized carbons (Fsp3) is 0.217. The third-order valence-electron chi connectivity index (χ3n) is 5.19. The molecule has 3 aromatic rings. The topological polar surface area (TPSA) is 109 Å². The van der Waals surface area contributed by atoms with Crippen LogP contribution in [0.3, 0.4) is 0 Å². The van der Waals surface area contributed by atoms with Crippen LogP contribution in [-0.2, 0) is 0 Å². The number of aryl methyl sites for hydroxylation is 1. The number of halogens is 1. The molecule has 2 aromatic heterocycles. The second-order valence-electron chi connectivity index (χ2n) is 7.52. The zero-order valence-electron chi connectivity index (χ0n) is 17.2. The van der Waals surface area contributed by atoms with Crippen molar-refractivity contribution in [2.24, 2.45) is 0 Å². The second kappa shape index (κ2) is 9.12. The van der Waals surface area contributed by atoms with Crippen LogP contribution in [0.1, 0.15) is 46.1 Å². The summed E-state index contributed by atoms with van der Waals surface area (Å²) in [6.45, 7) is 1.84. The lowest BCUT2D eigenvalue weighted by Gasteiger charge is -2.35. The predicted octanol–water partition coefficient (Wildman–Crippen LogP) is 3.86. The Labute approximate surface area is 189 Å². The molecule has 2 heterocycles. The minimum absolute atomic E-state index is 0.107. The number of carbonyl (C=O) groups excluding carboxylic acids is 1. The average Bonchev–Trinajstić information content (AvgIpc) is 3.12. The first kappa shape index (κ1) is 21.4. The highest BCUT2D eigenvalue weighted by Gasteiger charge is 2.35. The molecule has 0 unspecified atom stereocenters. The van der Waals surface area contributed by atoms with Gasteiger partial charge in [0.1, 0.15) is 11.5 Å². The van der Waals surface area contributed by atoms with Gasteiger partial charge in [-0.1, -0.05) is 41.6 Å². The zero-order valence-corrected chi connectivity index (χ0v) is 17.9. The molecule has 3 N–H and O–H groups in total. The van der Waals surface area contributed by atoms with Gasteiger partial charge in [0, 0.05) is 23.4 Å². The third-order valence-corrected chi connectivity index (χ3v) is 5.46. The molecule has 1 aromatic carbocycles. The molecule has 4 rings (SSSR count). The molecule has 0 saturated heterocycles. The number of carboxylic acid groups (broad SMARTS) is 1. The van der Waals surface area contributed by atoms with Crippen LogP contribution in [0.25, 0.3) is 0 Å². The lowest BCUT2D eigenvalue weighted by atomic mass is 9.87.